The molecule has 122 valence electrons. The number of nitrogens with one attached hydrogen (secondary N) is 1. The van der Waals surface area contributed by atoms with Crippen LogP contribution in [0.3, 0.4) is 0 Å². The number of phenols is 1. The molecule has 0 fully saturated rings. The van der Waals surface area contributed by atoms with Crippen molar-refractivity contribution in [3.8, 4) is 11.5 Å². The zero-order valence-corrected chi connectivity index (χ0v) is 12.5. The van der Waals surface area contributed by atoms with Gasteiger partial charge in [-0.15, -0.1) is 0 Å². The lowest BCUT2D eigenvalue weighted by molar-refractivity contribution is -0.137. The number of aromatic hydroxyl groups is 1. The zero-order valence-electron chi connectivity index (χ0n) is 11.7. The van der Waals surface area contributed by atoms with Gasteiger partial charge < -0.3 is 15.2 Å². The van der Waals surface area contributed by atoms with Gasteiger partial charge in [0, 0.05) is 5.02 Å². The SMILES string of the molecule is COc1ccc(C(F)(F)F)cc1NC(=O)c1ccc(Cl)cc1O. The van der Waals surface area contributed by atoms with Crippen molar-refractivity contribution >= 4 is 23.2 Å². The Bertz CT molecular complexity index is 747. The smallest absolute Gasteiger partial charge is 0.416 e. The summed E-state index contributed by atoms with van der Waals surface area (Å²) in [5.74, 6) is -1.13. The Labute approximate surface area is 134 Å². The van der Waals surface area contributed by atoms with E-state index >= 15 is 0 Å². The summed E-state index contributed by atoms with van der Waals surface area (Å²) in [6, 6.07) is 6.48. The van der Waals surface area contributed by atoms with Crippen molar-refractivity contribution in [1.82, 2.24) is 0 Å². The van der Waals surface area contributed by atoms with Gasteiger partial charge in [0.15, 0.2) is 0 Å². The fourth-order valence-electron chi connectivity index (χ4n) is 1.87. The highest BCUT2D eigenvalue weighted by Crippen LogP contribution is 2.35. The predicted molar refractivity (Wildman–Crippen MR) is 79.1 cm³/mol. The van der Waals surface area contributed by atoms with Crippen LogP contribution in [-0.2, 0) is 6.18 Å². The molecule has 2 aromatic rings. The van der Waals surface area contributed by atoms with Crippen LogP contribution >= 0.6 is 11.6 Å². The first-order chi connectivity index (χ1) is 10.7. The van der Waals surface area contributed by atoms with Crippen molar-refractivity contribution in [3.63, 3.8) is 0 Å². The molecule has 2 rings (SSSR count). The van der Waals surface area contributed by atoms with Crippen LogP contribution in [0.1, 0.15) is 15.9 Å². The molecule has 2 N–H and O–H groups in total. The number of hydrogen-bond acceptors (Lipinski definition) is 3. The van der Waals surface area contributed by atoms with Crippen LogP contribution in [-0.4, -0.2) is 18.1 Å². The monoisotopic (exact) mass is 345 g/mol. The summed E-state index contributed by atoms with van der Waals surface area (Å²) in [5.41, 5.74) is -1.23. The Hall–Kier alpha value is -2.41. The van der Waals surface area contributed by atoms with E-state index in [1.165, 1.54) is 19.2 Å². The number of phenolic OH excluding ortho intramolecular Hbond substituents is 1. The lowest BCUT2D eigenvalue weighted by atomic mass is 10.1. The van der Waals surface area contributed by atoms with Crippen LogP contribution in [0, 0.1) is 0 Å². The van der Waals surface area contributed by atoms with Crippen LogP contribution < -0.4 is 10.1 Å². The van der Waals surface area contributed by atoms with Gasteiger partial charge in [-0.1, -0.05) is 11.6 Å². The third-order valence-corrected chi connectivity index (χ3v) is 3.21. The minimum absolute atomic E-state index is 0.0554. The molecule has 0 unspecified atom stereocenters. The summed E-state index contributed by atoms with van der Waals surface area (Å²) in [4.78, 5) is 12.1. The average Bonchev–Trinajstić information content (AvgIpc) is 2.46. The predicted octanol–water partition coefficient (Wildman–Crippen LogP) is 4.33. The fourth-order valence-corrected chi connectivity index (χ4v) is 2.03. The molecule has 0 radical (unpaired) electrons. The normalized spacial score (nSPS) is 11.2. The Morgan fingerprint density at radius 1 is 1.22 bits per heavy atom. The number of carbonyl (C=O) groups excluding carboxylic acids is 1. The first-order valence-electron chi connectivity index (χ1n) is 6.27. The number of carbonyl (C=O) groups is 1. The van der Waals surface area contributed by atoms with Gasteiger partial charge in [-0.3, -0.25) is 4.79 Å². The number of benzene rings is 2. The molecule has 0 bridgehead atoms. The highest BCUT2D eigenvalue weighted by atomic mass is 35.5. The van der Waals surface area contributed by atoms with E-state index in [1.807, 2.05) is 0 Å². The molecular formula is C15H11ClF3NO3. The summed E-state index contributed by atoms with van der Waals surface area (Å²) in [5, 5.41) is 12.2. The second-order valence-corrected chi connectivity index (χ2v) is 4.96. The average molecular weight is 346 g/mol. The van der Waals surface area contributed by atoms with Gasteiger partial charge in [-0.05, 0) is 36.4 Å². The molecule has 4 nitrogen and oxygen atoms in total. The molecule has 0 aromatic heterocycles. The third kappa shape index (κ3) is 3.87. The van der Waals surface area contributed by atoms with Crippen molar-refractivity contribution in [1.29, 1.82) is 0 Å². The Morgan fingerprint density at radius 3 is 2.48 bits per heavy atom. The van der Waals surface area contributed by atoms with E-state index in [-0.39, 0.29) is 27.8 Å². The molecule has 0 heterocycles. The van der Waals surface area contributed by atoms with Gasteiger partial charge >= 0.3 is 6.18 Å². The van der Waals surface area contributed by atoms with E-state index in [2.05, 4.69) is 5.32 Å². The van der Waals surface area contributed by atoms with Crippen molar-refractivity contribution in [2.45, 2.75) is 6.18 Å². The van der Waals surface area contributed by atoms with Crippen LogP contribution in [0.5, 0.6) is 11.5 Å². The summed E-state index contributed by atoms with van der Waals surface area (Å²) in [6.07, 6.45) is -4.56. The van der Waals surface area contributed by atoms with Crippen LogP contribution in [0.4, 0.5) is 18.9 Å². The largest absolute Gasteiger partial charge is 0.507 e. The molecule has 0 aliphatic carbocycles. The standard InChI is InChI=1S/C15H11ClF3NO3/c1-23-13-5-2-8(15(17,18)19)6-11(13)20-14(22)10-4-3-9(16)7-12(10)21/h2-7,21H,1H3,(H,20,22). The number of rotatable bonds is 3. The number of hydrogen-bond donors (Lipinski definition) is 2. The van der Waals surface area contributed by atoms with E-state index in [9.17, 15) is 23.1 Å². The summed E-state index contributed by atoms with van der Waals surface area (Å²) < 4.78 is 43.2. The van der Waals surface area contributed by atoms with Crippen LogP contribution in [0.15, 0.2) is 36.4 Å². The number of anilines is 1. The van der Waals surface area contributed by atoms with Gasteiger partial charge in [0.1, 0.15) is 11.5 Å². The summed E-state index contributed by atoms with van der Waals surface area (Å²) in [7, 11) is 1.26. The molecule has 0 saturated heterocycles. The topological polar surface area (TPSA) is 58.6 Å². The molecule has 0 aliphatic rings. The minimum Gasteiger partial charge on any atom is -0.507 e. The minimum atomic E-state index is -4.56. The van der Waals surface area contributed by atoms with Gasteiger partial charge in [-0.2, -0.15) is 13.2 Å². The molecule has 1 amide bonds. The Balaban J connectivity index is 2.36. The summed E-state index contributed by atoms with van der Waals surface area (Å²) >= 11 is 5.66. The maximum atomic E-state index is 12.8. The van der Waals surface area contributed by atoms with Gasteiger partial charge in [-0.25, -0.2) is 0 Å². The number of amides is 1. The van der Waals surface area contributed by atoms with Gasteiger partial charge in [0.05, 0.1) is 23.9 Å². The quantitative estimate of drug-likeness (QED) is 0.870. The molecule has 2 aromatic carbocycles. The lowest BCUT2D eigenvalue weighted by Gasteiger charge is -2.14. The van der Waals surface area contributed by atoms with Crippen molar-refractivity contribution in [3.05, 3.63) is 52.5 Å². The van der Waals surface area contributed by atoms with E-state index in [0.717, 1.165) is 24.3 Å². The highest BCUT2D eigenvalue weighted by Gasteiger charge is 2.31. The maximum Gasteiger partial charge on any atom is 0.416 e. The van der Waals surface area contributed by atoms with Gasteiger partial charge in [0.2, 0.25) is 0 Å². The van der Waals surface area contributed by atoms with Crippen LogP contribution in [0.2, 0.25) is 5.02 Å². The number of ether oxygens (including phenoxy) is 1. The number of methoxy groups -OCH3 is 1. The zero-order chi connectivity index (χ0) is 17.2. The van der Waals surface area contributed by atoms with E-state index in [1.54, 1.807) is 0 Å². The Kier molecular flexibility index (Phi) is 4.70. The van der Waals surface area contributed by atoms with Crippen molar-refractivity contribution in [2.75, 3.05) is 12.4 Å². The van der Waals surface area contributed by atoms with E-state index in [0.29, 0.717) is 0 Å². The van der Waals surface area contributed by atoms with Gasteiger partial charge in [0.25, 0.3) is 5.91 Å². The second kappa shape index (κ2) is 6.37. The van der Waals surface area contributed by atoms with Crippen molar-refractivity contribution in [2.24, 2.45) is 0 Å². The first-order valence-corrected chi connectivity index (χ1v) is 6.65. The molecule has 0 saturated carbocycles. The fraction of sp³-hybridized carbons (Fsp3) is 0.133. The van der Waals surface area contributed by atoms with E-state index in [4.69, 9.17) is 16.3 Å². The lowest BCUT2D eigenvalue weighted by Crippen LogP contribution is -2.14. The number of alkyl halides is 3. The van der Waals surface area contributed by atoms with Crippen molar-refractivity contribution < 1.29 is 27.8 Å². The Morgan fingerprint density at radius 2 is 1.91 bits per heavy atom. The summed E-state index contributed by atoms with van der Waals surface area (Å²) in [6.45, 7) is 0. The highest BCUT2D eigenvalue weighted by molar-refractivity contribution is 6.31. The molecule has 23 heavy (non-hydrogen) atoms. The first kappa shape index (κ1) is 17.0. The molecule has 0 atom stereocenters. The molecular weight excluding hydrogens is 335 g/mol. The van der Waals surface area contributed by atoms with Crippen LogP contribution in [0.25, 0.3) is 0 Å². The molecule has 0 aliphatic heterocycles. The molecule has 8 heteroatoms. The molecule has 0 spiro atoms. The second-order valence-electron chi connectivity index (χ2n) is 4.53. The third-order valence-electron chi connectivity index (χ3n) is 2.98. The maximum absolute atomic E-state index is 12.8. The van der Waals surface area contributed by atoms with E-state index < -0.39 is 17.6 Å². The number of halogens is 4.